The van der Waals surface area contributed by atoms with Gasteiger partial charge in [-0.25, -0.2) is 0 Å². The van der Waals surface area contributed by atoms with Crippen LogP contribution in [0, 0.1) is 17.2 Å². The summed E-state index contributed by atoms with van der Waals surface area (Å²) in [5.74, 6) is -0.166. The molecule has 2 amide bonds. The van der Waals surface area contributed by atoms with Crippen LogP contribution in [0.25, 0.3) is 0 Å². The summed E-state index contributed by atoms with van der Waals surface area (Å²) in [7, 11) is 0. The van der Waals surface area contributed by atoms with Crippen molar-refractivity contribution < 1.29 is 9.59 Å². The van der Waals surface area contributed by atoms with E-state index in [1.807, 2.05) is 29.2 Å². The van der Waals surface area contributed by atoms with Crippen molar-refractivity contribution in [1.82, 2.24) is 4.90 Å². The second kappa shape index (κ2) is 8.48. The van der Waals surface area contributed by atoms with Crippen LogP contribution in [0.3, 0.4) is 0 Å². The van der Waals surface area contributed by atoms with Gasteiger partial charge in [-0.05, 0) is 54.2 Å². The molecular weight excluding hydrogens is 362 g/mol. The fourth-order valence-electron chi connectivity index (χ4n) is 3.55. The van der Waals surface area contributed by atoms with Crippen molar-refractivity contribution in [3.8, 4) is 6.07 Å². The van der Waals surface area contributed by atoms with Crippen molar-refractivity contribution >= 4 is 17.5 Å². The highest BCUT2D eigenvalue weighted by molar-refractivity contribution is 5.95. The number of piperidine rings is 1. The number of nitriles is 1. The van der Waals surface area contributed by atoms with E-state index in [-0.39, 0.29) is 23.1 Å². The summed E-state index contributed by atoms with van der Waals surface area (Å²) in [6.07, 6.45) is 1.27. The van der Waals surface area contributed by atoms with Gasteiger partial charge in [-0.2, -0.15) is 5.26 Å². The van der Waals surface area contributed by atoms with Gasteiger partial charge < -0.3 is 10.2 Å². The minimum absolute atomic E-state index is 0.0195. The fraction of sp³-hybridized carbons (Fsp3) is 0.375. The molecule has 2 aromatic rings. The molecule has 0 unspecified atom stereocenters. The van der Waals surface area contributed by atoms with Crippen LogP contribution in [0.5, 0.6) is 0 Å². The molecule has 0 aromatic heterocycles. The zero-order valence-corrected chi connectivity index (χ0v) is 17.2. The topological polar surface area (TPSA) is 73.2 Å². The highest BCUT2D eigenvalue weighted by Gasteiger charge is 2.28. The van der Waals surface area contributed by atoms with E-state index in [1.165, 1.54) is 5.56 Å². The molecule has 1 N–H and O–H groups in total. The monoisotopic (exact) mass is 389 g/mol. The van der Waals surface area contributed by atoms with Crippen molar-refractivity contribution in [2.45, 2.75) is 39.0 Å². The van der Waals surface area contributed by atoms with Gasteiger partial charge >= 0.3 is 0 Å². The average molecular weight is 389 g/mol. The lowest BCUT2D eigenvalue weighted by atomic mass is 9.86. The summed E-state index contributed by atoms with van der Waals surface area (Å²) in [4.78, 5) is 27.2. The number of likely N-dealkylation sites (tertiary alicyclic amines) is 1. The maximum atomic E-state index is 12.8. The van der Waals surface area contributed by atoms with Crippen molar-refractivity contribution in [3.63, 3.8) is 0 Å². The highest BCUT2D eigenvalue weighted by Crippen LogP contribution is 2.24. The summed E-state index contributed by atoms with van der Waals surface area (Å²) in [6, 6.07) is 16.8. The van der Waals surface area contributed by atoms with Gasteiger partial charge in [-0.3, -0.25) is 9.59 Å². The second-order valence-corrected chi connectivity index (χ2v) is 8.58. The van der Waals surface area contributed by atoms with Gasteiger partial charge in [0.2, 0.25) is 5.91 Å². The molecule has 1 fully saturated rings. The Morgan fingerprint density at radius 1 is 1.07 bits per heavy atom. The Morgan fingerprint density at radius 3 is 2.31 bits per heavy atom. The lowest BCUT2D eigenvalue weighted by molar-refractivity contribution is -0.121. The number of hydrogen-bond acceptors (Lipinski definition) is 3. The Balaban J connectivity index is 1.56. The molecule has 29 heavy (non-hydrogen) atoms. The number of carbonyl (C=O) groups is 2. The predicted molar refractivity (Wildman–Crippen MR) is 114 cm³/mol. The fourth-order valence-corrected chi connectivity index (χ4v) is 3.55. The molecule has 0 radical (unpaired) electrons. The smallest absolute Gasteiger partial charge is 0.253 e. The number of rotatable bonds is 3. The molecule has 1 aliphatic rings. The van der Waals surface area contributed by atoms with Gasteiger partial charge in [0.05, 0.1) is 11.6 Å². The Bertz CT molecular complexity index is 928. The SMILES string of the molecule is CC(C)(C)c1ccc(C(=O)N2CCC(C(=O)Nc3cccc(C#N)c3)CC2)cc1. The minimum atomic E-state index is -0.131. The summed E-state index contributed by atoms with van der Waals surface area (Å²) in [5, 5.41) is 11.9. The molecule has 0 bridgehead atoms. The van der Waals surface area contributed by atoms with Gasteiger partial charge in [-0.1, -0.05) is 39.0 Å². The van der Waals surface area contributed by atoms with E-state index in [1.54, 1.807) is 24.3 Å². The Morgan fingerprint density at radius 2 is 1.72 bits per heavy atom. The molecule has 5 heteroatoms. The minimum Gasteiger partial charge on any atom is -0.339 e. The van der Waals surface area contributed by atoms with E-state index in [9.17, 15) is 9.59 Å². The first-order valence-corrected chi connectivity index (χ1v) is 9.99. The third-order valence-corrected chi connectivity index (χ3v) is 5.41. The molecular formula is C24H27N3O2. The normalized spacial score (nSPS) is 14.9. The van der Waals surface area contributed by atoms with E-state index < -0.39 is 0 Å². The first-order valence-electron chi connectivity index (χ1n) is 9.99. The van der Waals surface area contributed by atoms with E-state index in [0.717, 1.165) is 0 Å². The van der Waals surface area contributed by atoms with Crippen LogP contribution >= 0.6 is 0 Å². The van der Waals surface area contributed by atoms with Gasteiger partial charge in [0.25, 0.3) is 5.91 Å². The molecule has 0 spiro atoms. The maximum absolute atomic E-state index is 12.8. The summed E-state index contributed by atoms with van der Waals surface area (Å²) in [6.45, 7) is 7.58. The third kappa shape index (κ3) is 5.03. The molecule has 1 heterocycles. The van der Waals surface area contributed by atoms with Crippen LogP contribution in [0.15, 0.2) is 48.5 Å². The van der Waals surface area contributed by atoms with Crippen molar-refractivity contribution in [1.29, 1.82) is 5.26 Å². The third-order valence-electron chi connectivity index (χ3n) is 5.41. The lowest BCUT2D eigenvalue weighted by Gasteiger charge is -2.31. The van der Waals surface area contributed by atoms with Crippen LogP contribution in [0.4, 0.5) is 5.69 Å². The molecule has 1 aliphatic heterocycles. The Kier molecular flexibility index (Phi) is 6.03. The molecule has 1 saturated heterocycles. The summed E-state index contributed by atoms with van der Waals surface area (Å²) >= 11 is 0. The first-order chi connectivity index (χ1) is 13.8. The zero-order valence-electron chi connectivity index (χ0n) is 17.2. The largest absolute Gasteiger partial charge is 0.339 e. The number of amides is 2. The first kappa shape index (κ1) is 20.6. The Labute approximate surface area is 172 Å². The van der Waals surface area contributed by atoms with Crippen LogP contribution in [0.2, 0.25) is 0 Å². The number of carbonyl (C=O) groups excluding carboxylic acids is 2. The van der Waals surface area contributed by atoms with Crippen molar-refractivity contribution in [2.24, 2.45) is 5.92 Å². The number of nitrogens with zero attached hydrogens (tertiary/aromatic N) is 2. The molecule has 0 saturated carbocycles. The second-order valence-electron chi connectivity index (χ2n) is 8.58. The van der Waals surface area contributed by atoms with E-state index in [2.05, 4.69) is 32.2 Å². The highest BCUT2D eigenvalue weighted by atomic mass is 16.2. The molecule has 150 valence electrons. The quantitative estimate of drug-likeness (QED) is 0.848. The lowest BCUT2D eigenvalue weighted by Crippen LogP contribution is -2.41. The number of anilines is 1. The van der Waals surface area contributed by atoms with Gasteiger partial charge in [0, 0.05) is 30.3 Å². The average Bonchev–Trinajstić information content (AvgIpc) is 2.73. The van der Waals surface area contributed by atoms with E-state index >= 15 is 0 Å². The number of benzene rings is 2. The summed E-state index contributed by atoms with van der Waals surface area (Å²) in [5.41, 5.74) is 3.09. The standard InChI is InChI=1S/C24H27N3O2/c1-24(2,3)20-9-7-19(8-10-20)23(29)27-13-11-18(12-14-27)22(28)26-21-6-4-5-17(15-21)16-25/h4-10,15,18H,11-14H2,1-3H3,(H,26,28). The van der Waals surface area contributed by atoms with Crippen molar-refractivity contribution in [3.05, 3.63) is 65.2 Å². The number of hydrogen-bond donors (Lipinski definition) is 1. The summed E-state index contributed by atoms with van der Waals surface area (Å²) < 4.78 is 0. The molecule has 2 aromatic carbocycles. The number of nitrogens with one attached hydrogen (secondary N) is 1. The molecule has 3 rings (SSSR count). The van der Waals surface area contributed by atoms with Crippen LogP contribution in [-0.4, -0.2) is 29.8 Å². The molecule has 0 atom stereocenters. The van der Waals surface area contributed by atoms with Crippen LogP contribution in [0.1, 0.15) is 55.1 Å². The van der Waals surface area contributed by atoms with Gasteiger partial charge in [-0.15, -0.1) is 0 Å². The van der Waals surface area contributed by atoms with Gasteiger partial charge in [0.1, 0.15) is 0 Å². The van der Waals surface area contributed by atoms with E-state index in [4.69, 9.17) is 5.26 Å². The van der Waals surface area contributed by atoms with Crippen LogP contribution in [-0.2, 0) is 10.2 Å². The zero-order chi connectivity index (χ0) is 21.0. The van der Waals surface area contributed by atoms with E-state index in [0.29, 0.717) is 42.7 Å². The van der Waals surface area contributed by atoms with Crippen LogP contribution < -0.4 is 5.32 Å². The van der Waals surface area contributed by atoms with Crippen molar-refractivity contribution in [2.75, 3.05) is 18.4 Å². The predicted octanol–water partition coefficient (Wildman–Crippen LogP) is 4.35. The molecule has 0 aliphatic carbocycles. The maximum Gasteiger partial charge on any atom is 0.253 e. The molecule has 5 nitrogen and oxygen atoms in total. The van der Waals surface area contributed by atoms with Gasteiger partial charge in [0.15, 0.2) is 0 Å². The Hall–Kier alpha value is -3.13.